The third-order valence-electron chi connectivity index (χ3n) is 2.20. The van der Waals surface area contributed by atoms with Crippen molar-refractivity contribution in [2.75, 3.05) is 0 Å². The van der Waals surface area contributed by atoms with Crippen LogP contribution in [0.3, 0.4) is 0 Å². The summed E-state index contributed by atoms with van der Waals surface area (Å²) in [5.41, 5.74) is -0.0116. The molecule has 0 N–H and O–H groups in total. The van der Waals surface area contributed by atoms with Crippen molar-refractivity contribution in [1.82, 2.24) is 15.0 Å². The Morgan fingerprint density at radius 2 is 2.06 bits per heavy atom. The van der Waals surface area contributed by atoms with E-state index in [9.17, 15) is 13.2 Å². The molecule has 0 aliphatic rings. The normalized spacial score (nSPS) is 11.8. The van der Waals surface area contributed by atoms with Gasteiger partial charge in [-0.3, -0.25) is 0 Å². The zero-order valence-electron chi connectivity index (χ0n) is 8.75. The fourth-order valence-corrected chi connectivity index (χ4v) is 1.84. The van der Waals surface area contributed by atoms with Crippen LogP contribution in [0.4, 0.5) is 13.2 Å². The van der Waals surface area contributed by atoms with E-state index in [4.69, 9.17) is 11.6 Å². The van der Waals surface area contributed by atoms with Crippen LogP contribution in [0, 0.1) is 0 Å². The number of nitrogens with zero attached hydrogens (tertiary/aromatic N) is 3. The van der Waals surface area contributed by atoms with E-state index < -0.39 is 11.7 Å². The average Bonchev–Trinajstić information content (AvgIpc) is 2.76. The number of halogens is 5. The molecule has 0 saturated carbocycles. The molecule has 8 heteroatoms. The minimum atomic E-state index is -4.49. The first-order chi connectivity index (χ1) is 8.41. The Labute approximate surface area is 114 Å². The first-order valence-corrected chi connectivity index (χ1v) is 6.26. The lowest BCUT2D eigenvalue weighted by Gasteiger charge is -2.10. The van der Waals surface area contributed by atoms with Crippen LogP contribution in [0.5, 0.6) is 0 Å². The SMILES string of the molecule is FC(F)(F)c1cc(-n2cc(CBr)nn2)ccc1Cl. The van der Waals surface area contributed by atoms with Crippen molar-refractivity contribution in [3.05, 3.63) is 40.7 Å². The van der Waals surface area contributed by atoms with E-state index in [1.807, 2.05) is 0 Å². The fourth-order valence-electron chi connectivity index (χ4n) is 1.36. The highest BCUT2D eigenvalue weighted by Crippen LogP contribution is 2.35. The molecule has 0 bridgehead atoms. The minimum Gasteiger partial charge on any atom is -0.220 e. The molecule has 0 amide bonds. The van der Waals surface area contributed by atoms with Crippen LogP contribution in [-0.4, -0.2) is 15.0 Å². The summed E-state index contributed by atoms with van der Waals surface area (Å²) in [4.78, 5) is 0. The first kappa shape index (κ1) is 13.4. The van der Waals surface area contributed by atoms with Crippen LogP contribution in [0.1, 0.15) is 11.3 Å². The van der Waals surface area contributed by atoms with Crippen molar-refractivity contribution >= 4 is 27.5 Å². The third-order valence-corrected chi connectivity index (χ3v) is 3.10. The second-order valence-corrected chi connectivity index (χ2v) is 4.42. The molecule has 0 fully saturated rings. The molecule has 0 spiro atoms. The van der Waals surface area contributed by atoms with Crippen LogP contribution in [-0.2, 0) is 11.5 Å². The van der Waals surface area contributed by atoms with E-state index in [2.05, 4.69) is 26.2 Å². The molecule has 96 valence electrons. The summed E-state index contributed by atoms with van der Waals surface area (Å²) < 4.78 is 39.3. The number of alkyl halides is 4. The zero-order valence-corrected chi connectivity index (χ0v) is 11.1. The summed E-state index contributed by atoms with van der Waals surface area (Å²) in [5.74, 6) is 0. The van der Waals surface area contributed by atoms with E-state index in [1.165, 1.54) is 23.0 Å². The second-order valence-electron chi connectivity index (χ2n) is 3.45. The summed E-state index contributed by atoms with van der Waals surface area (Å²) in [6, 6.07) is 3.58. The molecular formula is C10H6BrClF3N3. The Morgan fingerprint density at radius 1 is 1.33 bits per heavy atom. The van der Waals surface area contributed by atoms with Gasteiger partial charge in [-0.1, -0.05) is 32.7 Å². The first-order valence-electron chi connectivity index (χ1n) is 4.76. The fraction of sp³-hybridized carbons (Fsp3) is 0.200. The van der Waals surface area contributed by atoms with Gasteiger partial charge in [0, 0.05) is 5.33 Å². The highest BCUT2D eigenvalue weighted by atomic mass is 79.9. The highest BCUT2D eigenvalue weighted by molar-refractivity contribution is 9.08. The summed E-state index contributed by atoms with van der Waals surface area (Å²) >= 11 is 8.71. The smallest absolute Gasteiger partial charge is 0.220 e. The molecule has 0 saturated heterocycles. The molecular weight excluding hydrogens is 334 g/mol. The molecule has 1 heterocycles. The van der Waals surface area contributed by atoms with Gasteiger partial charge in [-0.05, 0) is 18.2 Å². The van der Waals surface area contributed by atoms with Crippen molar-refractivity contribution in [1.29, 1.82) is 0 Å². The van der Waals surface area contributed by atoms with Gasteiger partial charge in [0.15, 0.2) is 0 Å². The molecule has 0 unspecified atom stereocenters. The maximum Gasteiger partial charge on any atom is 0.417 e. The molecule has 0 atom stereocenters. The zero-order chi connectivity index (χ0) is 13.3. The van der Waals surface area contributed by atoms with Gasteiger partial charge >= 0.3 is 6.18 Å². The monoisotopic (exact) mass is 339 g/mol. The maximum atomic E-state index is 12.7. The average molecular weight is 341 g/mol. The van der Waals surface area contributed by atoms with E-state index in [0.29, 0.717) is 11.0 Å². The molecule has 0 radical (unpaired) electrons. The van der Waals surface area contributed by atoms with Crippen molar-refractivity contribution < 1.29 is 13.2 Å². The van der Waals surface area contributed by atoms with E-state index in [0.717, 1.165) is 6.07 Å². The molecule has 2 rings (SSSR count). The Hall–Kier alpha value is -1.08. The summed E-state index contributed by atoms with van der Waals surface area (Å²) in [6.07, 6.45) is -2.95. The molecule has 1 aromatic heterocycles. The lowest BCUT2D eigenvalue weighted by Crippen LogP contribution is -2.07. The van der Waals surface area contributed by atoms with E-state index in [1.54, 1.807) is 0 Å². The molecule has 3 nitrogen and oxygen atoms in total. The van der Waals surface area contributed by atoms with Gasteiger partial charge < -0.3 is 0 Å². The van der Waals surface area contributed by atoms with Crippen molar-refractivity contribution in [2.24, 2.45) is 0 Å². The van der Waals surface area contributed by atoms with Gasteiger partial charge in [-0.25, -0.2) is 4.68 Å². The number of hydrogen-bond acceptors (Lipinski definition) is 2. The van der Waals surface area contributed by atoms with Gasteiger partial charge in [0.05, 0.1) is 28.2 Å². The summed E-state index contributed by atoms with van der Waals surface area (Å²) in [7, 11) is 0. The Kier molecular flexibility index (Phi) is 3.63. The van der Waals surface area contributed by atoms with Crippen LogP contribution in [0.25, 0.3) is 5.69 Å². The predicted octanol–water partition coefficient (Wildman–Crippen LogP) is 3.83. The van der Waals surface area contributed by atoms with Gasteiger partial charge in [0.1, 0.15) is 0 Å². The molecule has 2 aromatic rings. The van der Waals surface area contributed by atoms with Crippen molar-refractivity contribution in [2.45, 2.75) is 11.5 Å². The topological polar surface area (TPSA) is 30.7 Å². The van der Waals surface area contributed by atoms with Crippen LogP contribution >= 0.6 is 27.5 Å². The van der Waals surface area contributed by atoms with E-state index >= 15 is 0 Å². The third kappa shape index (κ3) is 2.67. The summed E-state index contributed by atoms with van der Waals surface area (Å²) in [6.45, 7) is 0. The number of aromatic nitrogens is 3. The Balaban J connectivity index is 2.47. The quantitative estimate of drug-likeness (QED) is 0.778. The Morgan fingerprint density at radius 3 is 2.61 bits per heavy atom. The second kappa shape index (κ2) is 4.89. The molecule has 0 aliphatic heterocycles. The van der Waals surface area contributed by atoms with Gasteiger partial charge in [-0.2, -0.15) is 13.2 Å². The largest absolute Gasteiger partial charge is 0.417 e. The lowest BCUT2D eigenvalue weighted by atomic mass is 10.2. The van der Waals surface area contributed by atoms with Crippen LogP contribution < -0.4 is 0 Å². The van der Waals surface area contributed by atoms with E-state index in [-0.39, 0.29) is 10.7 Å². The molecule has 18 heavy (non-hydrogen) atoms. The van der Waals surface area contributed by atoms with Gasteiger partial charge in [0.2, 0.25) is 0 Å². The maximum absolute atomic E-state index is 12.7. The van der Waals surface area contributed by atoms with Crippen molar-refractivity contribution in [3.63, 3.8) is 0 Å². The lowest BCUT2D eigenvalue weighted by molar-refractivity contribution is -0.137. The minimum absolute atomic E-state index is 0.256. The number of rotatable bonds is 2. The van der Waals surface area contributed by atoms with Crippen molar-refractivity contribution in [3.8, 4) is 5.69 Å². The highest BCUT2D eigenvalue weighted by Gasteiger charge is 2.33. The molecule has 1 aromatic carbocycles. The van der Waals surface area contributed by atoms with Gasteiger partial charge in [0.25, 0.3) is 0 Å². The predicted molar refractivity (Wildman–Crippen MR) is 64.0 cm³/mol. The standard InChI is InChI=1S/C10H6BrClF3N3/c11-4-6-5-18(17-16-6)7-1-2-9(12)8(3-7)10(13,14)15/h1-3,5H,4H2. The van der Waals surface area contributed by atoms with Gasteiger partial charge in [-0.15, -0.1) is 5.10 Å². The number of hydrogen-bond donors (Lipinski definition) is 0. The summed E-state index contributed by atoms with van der Waals surface area (Å²) in [5, 5.41) is 7.65. The number of benzene rings is 1. The molecule has 0 aliphatic carbocycles. The van der Waals surface area contributed by atoms with Crippen LogP contribution in [0.2, 0.25) is 5.02 Å². The Bertz CT molecular complexity index is 568. The van der Waals surface area contributed by atoms with Crippen LogP contribution in [0.15, 0.2) is 24.4 Å².